The lowest BCUT2D eigenvalue weighted by molar-refractivity contribution is 0.327. The summed E-state index contributed by atoms with van der Waals surface area (Å²) in [6.07, 6.45) is 1.90. The van der Waals surface area contributed by atoms with Gasteiger partial charge in [-0.3, -0.25) is 5.01 Å². The van der Waals surface area contributed by atoms with Gasteiger partial charge in [0.2, 0.25) is 0 Å². The standard InChI is InChI=1S/C4H10N4.C2H6/c1-8-3-4(2-5)6-7-8;1-2/h3,6-7H,2,5H2,1H3;1-2H3. The van der Waals surface area contributed by atoms with Gasteiger partial charge in [0.05, 0.1) is 5.70 Å². The highest BCUT2D eigenvalue weighted by Crippen LogP contribution is 1.91. The van der Waals surface area contributed by atoms with Gasteiger partial charge in [-0.15, -0.1) is 5.53 Å². The average molecular weight is 144 g/mol. The molecule has 1 aliphatic heterocycles. The van der Waals surface area contributed by atoms with E-state index >= 15 is 0 Å². The lowest BCUT2D eigenvalue weighted by Crippen LogP contribution is -2.34. The zero-order valence-corrected chi connectivity index (χ0v) is 6.81. The number of nitrogens with zero attached hydrogens (tertiary/aromatic N) is 1. The van der Waals surface area contributed by atoms with Crippen LogP contribution in [-0.4, -0.2) is 18.6 Å². The van der Waals surface area contributed by atoms with Crippen LogP contribution in [0.5, 0.6) is 0 Å². The van der Waals surface area contributed by atoms with E-state index in [9.17, 15) is 0 Å². The summed E-state index contributed by atoms with van der Waals surface area (Å²) in [6.45, 7) is 4.55. The van der Waals surface area contributed by atoms with Crippen LogP contribution in [0.4, 0.5) is 0 Å². The van der Waals surface area contributed by atoms with Crippen molar-refractivity contribution in [2.24, 2.45) is 5.73 Å². The van der Waals surface area contributed by atoms with Crippen LogP contribution >= 0.6 is 0 Å². The van der Waals surface area contributed by atoms with Gasteiger partial charge in [-0.1, -0.05) is 13.8 Å². The highest BCUT2D eigenvalue weighted by molar-refractivity contribution is 5.01. The van der Waals surface area contributed by atoms with Crippen molar-refractivity contribution in [2.45, 2.75) is 13.8 Å². The van der Waals surface area contributed by atoms with Crippen molar-refractivity contribution in [3.05, 3.63) is 11.9 Å². The number of nitrogens with one attached hydrogen (secondary N) is 2. The third kappa shape index (κ3) is 2.70. The fraction of sp³-hybridized carbons (Fsp3) is 0.667. The van der Waals surface area contributed by atoms with E-state index in [-0.39, 0.29) is 0 Å². The first-order chi connectivity index (χ1) is 4.83. The van der Waals surface area contributed by atoms with Gasteiger partial charge in [0, 0.05) is 19.8 Å². The molecule has 4 heteroatoms. The summed E-state index contributed by atoms with van der Waals surface area (Å²) in [4.78, 5) is 0. The van der Waals surface area contributed by atoms with Crippen LogP contribution in [0.25, 0.3) is 0 Å². The average Bonchev–Trinajstić information content (AvgIpc) is 2.40. The largest absolute Gasteiger partial charge is 0.325 e. The van der Waals surface area contributed by atoms with Gasteiger partial charge < -0.3 is 11.2 Å². The van der Waals surface area contributed by atoms with Gasteiger partial charge in [0.1, 0.15) is 0 Å². The van der Waals surface area contributed by atoms with E-state index in [1.165, 1.54) is 0 Å². The van der Waals surface area contributed by atoms with Gasteiger partial charge in [-0.05, 0) is 0 Å². The van der Waals surface area contributed by atoms with Crippen molar-refractivity contribution in [2.75, 3.05) is 13.6 Å². The third-order valence-electron chi connectivity index (χ3n) is 0.962. The molecule has 0 aliphatic carbocycles. The zero-order valence-electron chi connectivity index (χ0n) is 6.81. The van der Waals surface area contributed by atoms with Crippen LogP contribution < -0.4 is 16.7 Å². The normalized spacial score (nSPS) is 15.2. The van der Waals surface area contributed by atoms with E-state index in [2.05, 4.69) is 11.0 Å². The molecule has 1 rings (SSSR count). The molecule has 0 aromatic rings. The third-order valence-corrected chi connectivity index (χ3v) is 0.962. The molecule has 4 nitrogen and oxygen atoms in total. The molecular formula is C6H16N4. The zero-order chi connectivity index (χ0) is 7.98. The molecule has 0 spiro atoms. The second-order valence-electron chi connectivity index (χ2n) is 1.71. The Bertz CT molecular complexity index is 110. The smallest absolute Gasteiger partial charge is 0.0589 e. The van der Waals surface area contributed by atoms with Crippen molar-refractivity contribution in [1.29, 1.82) is 0 Å². The highest BCUT2D eigenvalue weighted by atomic mass is 15.7. The van der Waals surface area contributed by atoms with Crippen LogP contribution in [0.3, 0.4) is 0 Å². The molecule has 60 valence electrons. The first-order valence-electron chi connectivity index (χ1n) is 3.48. The van der Waals surface area contributed by atoms with Crippen LogP contribution in [0.2, 0.25) is 0 Å². The topological polar surface area (TPSA) is 53.3 Å². The summed E-state index contributed by atoms with van der Waals surface area (Å²) >= 11 is 0. The predicted molar refractivity (Wildman–Crippen MR) is 42.5 cm³/mol. The van der Waals surface area contributed by atoms with E-state index < -0.39 is 0 Å². The monoisotopic (exact) mass is 144 g/mol. The summed E-state index contributed by atoms with van der Waals surface area (Å²) in [5.74, 6) is 0. The van der Waals surface area contributed by atoms with Crippen molar-refractivity contribution < 1.29 is 0 Å². The highest BCUT2D eigenvalue weighted by Gasteiger charge is 2.02. The maximum atomic E-state index is 5.30. The summed E-state index contributed by atoms with van der Waals surface area (Å²) in [7, 11) is 1.90. The van der Waals surface area contributed by atoms with Gasteiger partial charge in [0.25, 0.3) is 0 Å². The molecule has 0 fully saturated rings. The molecule has 0 unspecified atom stereocenters. The Hall–Kier alpha value is -0.740. The van der Waals surface area contributed by atoms with Crippen LogP contribution in [0.1, 0.15) is 13.8 Å². The molecule has 0 bridgehead atoms. The summed E-state index contributed by atoms with van der Waals surface area (Å²) in [5.41, 5.74) is 12.0. The molecule has 0 aromatic carbocycles. The lowest BCUT2D eigenvalue weighted by Gasteiger charge is -2.04. The second-order valence-corrected chi connectivity index (χ2v) is 1.71. The van der Waals surface area contributed by atoms with E-state index in [1.54, 1.807) is 0 Å². The van der Waals surface area contributed by atoms with Crippen LogP contribution in [0.15, 0.2) is 11.9 Å². The Morgan fingerprint density at radius 3 is 2.40 bits per heavy atom. The summed E-state index contributed by atoms with van der Waals surface area (Å²) in [6, 6.07) is 0. The number of hydrogen-bond donors (Lipinski definition) is 3. The molecular weight excluding hydrogens is 128 g/mol. The SMILES string of the molecule is CC.CN1C=C(CN)NN1. The minimum atomic E-state index is 0.553. The Balaban J connectivity index is 0.000000371. The Morgan fingerprint density at radius 2 is 2.20 bits per heavy atom. The Labute approximate surface area is 62.0 Å². The predicted octanol–water partition coefficient (Wildman–Crippen LogP) is -0.233. The minimum Gasteiger partial charge on any atom is -0.325 e. The summed E-state index contributed by atoms with van der Waals surface area (Å²) < 4.78 is 0. The Morgan fingerprint density at radius 1 is 1.60 bits per heavy atom. The first kappa shape index (κ1) is 9.26. The van der Waals surface area contributed by atoms with E-state index in [0.717, 1.165) is 5.70 Å². The van der Waals surface area contributed by atoms with Gasteiger partial charge in [0.15, 0.2) is 0 Å². The van der Waals surface area contributed by atoms with Crippen LogP contribution in [0, 0.1) is 0 Å². The fourth-order valence-corrected chi connectivity index (χ4v) is 0.562. The van der Waals surface area contributed by atoms with Gasteiger partial charge >= 0.3 is 0 Å². The summed E-state index contributed by atoms with van der Waals surface area (Å²) in [5, 5.41) is 1.81. The van der Waals surface area contributed by atoms with E-state index in [0.29, 0.717) is 6.54 Å². The molecule has 0 atom stereocenters. The minimum absolute atomic E-state index is 0.553. The quantitative estimate of drug-likeness (QED) is 0.476. The molecule has 1 aliphatic rings. The van der Waals surface area contributed by atoms with Crippen molar-refractivity contribution in [3.8, 4) is 0 Å². The number of rotatable bonds is 1. The van der Waals surface area contributed by atoms with Gasteiger partial charge in [-0.2, -0.15) is 0 Å². The number of nitrogens with two attached hydrogens (primary N) is 1. The molecule has 10 heavy (non-hydrogen) atoms. The molecule has 0 saturated carbocycles. The molecule has 0 amide bonds. The van der Waals surface area contributed by atoms with Crippen molar-refractivity contribution in [3.63, 3.8) is 0 Å². The molecule has 0 saturated heterocycles. The van der Waals surface area contributed by atoms with Crippen LogP contribution in [-0.2, 0) is 0 Å². The fourth-order valence-electron chi connectivity index (χ4n) is 0.562. The maximum Gasteiger partial charge on any atom is 0.0589 e. The molecule has 1 heterocycles. The number of hydrogen-bond acceptors (Lipinski definition) is 4. The molecule has 0 aromatic heterocycles. The molecule has 0 radical (unpaired) electrons. The Kier molecular flexibility index (Phi) is 4.70. The van der Waals surface area contributed by atoms with Gasteiger partial charge in [-0.25, -0.2) is 0 Å². The number of hydrazine groups is 2. The second kappa shape index (κ2) is 5.08. The first-order valence-corrected chi connectivity index (χ1v) is 3.48. The molecule has 4 N–H and O–H groups in total. The van der Waals surface area contributed by atoms with Crippen molar-refractivity contribution >= 4 is 0 Å². The van der Waals surface area contributed by atoms with Crippen molar-refractivity contribution in [1.82, 2.24) is 16.0 Å². The van der Waals surface area contributed by atoms with E-state index in [4.69, 9.17) is 5.73 Å². The lowest BCUT2D eigenvalue weighted by atomic mass is 10.5. The maximum absolute atomic E-state index is 5.30. The van der Waals surface area contributed by atoms with E-state index in [1.807, 2.05) is 32.1 Å².